The van der Waals surface area contributed by atoms with Gasteiger partial charge < -0.3 is 0 Å². The molecule has 0 saturated heterocycles. The van der Waals surface area contributed by atoms with Crippen molar-refractivity contribution in [3.05, 3.63) is 99.7 Å². The van der Waals surface area contributed by atoms with Crippen LogP contribution in [0.1, 0.15) is 9.44 Å². The van der Waals surface area contributed by atoms with Gasteiger partial charge in [0.1, 0.15) is 0 Å². The van der Waals surface area contributed by atoms with E-state index >= 15 is 0 Å². The Morgan fingerprint density at radius 3 is 2.44 bits per heavy atom. The summed E-state index contributed by atoms with van der Waals surface area (Å²) < 4.78 is 6.11. The number of rotatable bonds is 3. The van der Waals surface area contributed by atoms with Gasteiger partial charge in [-0.15, -0.1) is 0 Å². The third-order valence-electron chi connectivity index (χ3n) is 5.40. The molecule has 34 heavy (non-hydrogen) atoms. The second-order valence-corrected chi connectivity index (χ2v) is 13.1. The Kier molecular flexibility index (Phi) is 5.44. The number of thiazole rings is 1. The molecule has 5 aromatic rings. The predicted octanol–water partition coefficient (Wildman–Crippen LogP) is 5.41. The number of benzene rings is 3. The number of hydrogen-bond acceptors (Lipinski definition) is 4. The van der Waals surface area contributed by atoms with Crippen LogP contribution in [-0.2, 0) is 0 Å². The van der Waals surface area contributed by atoms with Crippen molar-refractivity contribution in [2.24, 2.45) is 0 Å². The molecule has 4 nitrogen and oxygen atoms in total. The second kappa shape index (κ2) is 8.74. The third-order valence-corrected chi connectivity index (χ3v) is 11.0. The average molecular weight is 584 g/mol. The first-order valence-corrected chi connectivity index (χ1v) is 14.6. The third kappa shape index (κ3) is 3.71. The van der Waals surface area contributed by atoms with Crippen molar-refractivity contribution in [3.8, 4) is 6.07 Å². The van der Waals surface area contributed by atoms with E-state index < -0.39 is 0 Å². The number of para-hydroxylation sites is 2. The minimum absolute atomic E-state index is 0.0562. The number of hydrogen-bond donors (Lipinski definition) is 0. The van der Waals surface area contributed by atoms with Crippen LogP contribution in [0.3, 0.4) is 0 Å². The molecular formula is C27H14N4SSe2. The van der Waals surface area contributed by atoms with Gasteiger partial charge in [0, 0.05) is 0 Å². The van der Waals surface area contributed by atoms with E-state index in [0.717, 1.165) is 14.7 Å². The van der Waals surface area contributed by atoms with Gasteiger partial charge in [0.05, 0.1) is 0 Å². The zero-order valence-corrected chi connectivity index (χ0v) is 21.8. The first-order chi connectivity index (χ1) is 16.7. The molecule has 0 saturated carbocycles. The van der Waals surface area contributed by atoms with Crippen molar-refractivity contribution in [2.75, 3.05) is 4.90 Å². The van der Waals surface area contributed by atoms with Gasteiger partial charge in [-0.2, -0.15) is 0 Å². The molecule has 0 radical (unpaired) electrons. The molecule has 0 atom stereocenters. The number of allylic oxidation sites excluding steroid dienone is 1. The SMILES string of the molecule is [C-]#[N+]c1ccc2nc(/C(C#N)=C/c3ccc(N4c5ccccc5[Se]c5ccccc54)[se]3)sc2c1. The summed E-state index contributed by atoms with van der Waals surface area (Å²) in [4.78, 5) is 10.5. The van der Waals surface area contributed by atoms with Crippen LogP contribution in [0, 0.1) is 17.9 Å². The Bertz CT molecular complexity index is 1640. The number of aromatic nitrogens is 1. The van der Waals surface area contributed by atoms with Crippen molar-refractivity contribution >= 4 is 93.2 Å². The van der Waals surface area contributed by atoms with Crippen LogP contribution in [0.25, 0.3) is 26.7 Å². The van der Waals surface area contributed by atoms with Crippen LogP contribution >= 0.6 is 11.3 Å². The molecule has 0 bridgehead atoms. The maximum atomic E-state index is 9.89. The summed E-state index contributed by atoms with van der Waals surface area (Å²) in [6.07, 6.45) is 1.97. The Morgan fingerprint density at radius 1 is 1.00 bits per heavy atom. The molecule has 0 spiro atoms. The summed E-state index contributed by atoms with van der Waals surface area (Å²) in [6.45, 7) is 7.22. The Balaban J connectivity index is 1.40. The van der Waals surface area contributed by atoms with E-state index in [1.165, 1.54) is 36.2 Å². The Hall–Kier alpha value is -3.41. The van der Waals surface area contributed by atoms with Gasteiger partial charge in [-0.25, -0.2) is 0 Å². The molecule has 1 aliphatic rings. The molecule has 3 heterocycles. The van der Waals surface area contributed by atoms with Crippen molar-refractivity contribution in [3.63, 3.8) is 0 Å². The van der Waals surface area contributed by atoms with Crippen molar-refractivity contribution < 1.29 is 0 Å². The van der Waals surface area contributed by atoms with E-state index in [4.69, 9.17) is 6.57 Å². The van der Waals surface area contributed by atoms with Crippen molar-refractivity contribution in [1.29, 1.82) is 5.26 Å². The van der Waals surface area contributed by atoms with Gasteiger partial charge in [0.2, 0.25) is 0 Å². The van der Waals surface area contributed by atoms with Crippen LogP contribution in [0.15, 0.2) is 78.9 Å². The van der Waals surface area contributed by atoms with Crippen LogP contribution in [0.5, 0.6) is 0 Å². The summed E-state index contributed by atoms with van der Waals surface area (Å²) in [6, 6.07) is 29.4. The predicted molar refractivity (Wildman–Crippen MR) is 142 cm³/mol. The molecule has 0 aliphatic carbocycles. The zero-order chi connectivity index (χ0) is 23.1. The first-order valence-electron chi connectivity index (χ1n) is 10.4. The molecule has 160 valence electrons. The molecule has 6 rings (SSSR count). The van der Waals surface area contributed by atoms with E-state index in [9.17, 15) is 5.26 Å². The normalized spacial score (nSPS) is 12.6. The number of fused-ring (bicyclic) bond motifs is 3. The fourth-order valence-electron chi connectivity index (χ4n) is 3.86. The van der Waals surface area contributed by atoms with E-state index in [2.05, 4.69) is 81.5 Å². The van der Waals surface area contributed by atoms with Crippen LogP contribution in [0.4, 0.5) is 21.6 Å². The van der Waals surface area contributed by atoms with Gasteiger partial charge in [-0.3, -0.25) is 0 Å². The van der Waals surface area contributed by atoms with E-state index in [1.54, 1.807) is 6.07 Å². The van der Waals surface area contributed by atoms with Crippen LogP contribution < -0.4 is 13.8 Å². The molecular weight excluding hydrogens is 570 g/mol. The van der Waals surface area contributed by atoms with E-state index in [1.807, 2.05) is 18.2 Å². The van der Waals surface area contributed by atoms with Crippen LogP contribution in [-0.4, -0.2) is 34.4 Å². The first kappa shape index (κ1) is 21.1. The molecule has 0 fully saturated rings. The summed E-state index contributed by atoms with van der Waals surface area (Å²) in [5.74, 6) is 0. The Morgan fingerprint density at radius 2 is 1.74 bits per heavy atom. The molecule has 7 heteroatoms. The number of nitriles is 1. The van der Waals surface area contributed by atoms with Gasteiger partial charge in [0.15, 0.2) is 0 Å². The van der Waals surface area contributed by atoms with E-state index in [0.29, 0.717) is 31.2 Å². The Labute approximate surface area is 213 Å². The molecule has 0 unspecified atom stereocenters. The van der Waals surface area contributed by atoms with Crippen LogP contribution in [0.2, 0.25) is 0 Å². The summed E-state index contributed by atoms with van der Waals surface area (Å²) in [5.41, 5.74) is 4.49. The zero-order valence-electron chi connectivity index (χ0n) is 17.6. The molecule has 2 aromatic heterocycles. The molecule has 0 amide bonds. The standard InChI is InChI=1S/C27H14N4SSe2/c1-29-18-10-12-20-23(15-18)32-27(30-20)17(16-28)14-19-11-13-26(33-19)31-21-6-2-4-8-24(21)34-25-9-5-3-7-22(25)31/h2-15H/b17-14+. The quantitative estimate of drug-likeness (QED) is 0.159. The maximum absolute atomic E-state index is 9.89. The number of anilines is 3. The topological polar surface area (TPSA) is 44.3 Å². The fourth-order valence-corrected chi connectivity index (χ4v) is 9.10. The van der Waals surface area contributed by atoms with Crippen molar-refractivity contribution in [2.45, 2.75) is 0 Å². The molecule has 1 aliphatic heterocycles. The van der Waals surface area contributed by atoms with Gasteiger partial charge in [-0.05, 0) is 0 Å². The minimum atomic E-state index is 0.0562. The van der Waals surface area contributed by atoms with Crippen molar-refractivity contribution in [1.82, 2.24) is 4.98 Å². The number of nitrogens with zero attached hydrogens (tertiary/aromatic N) is 4. The van der Waals surface area contributed by atoms with Gasteiger partial charge in [0.25, 0.3) is 0 Å². The van der Waals surface area contributed by atoms with Gasteiger partial charge in [-0.1, -0.05) is 0 Å². The van der Waals surface area contributed by atoms with Gasteiger partial charge >= 0.3 is 214 Å². The summed E-state index contributed by atoms with van der Waals surface area (Å²) in [7, 11) is 0. The molecule has 0 N–H and O–H groups in total. The fraction of sp³-hybridized carbons (Fsp3) is 0. The second-order valence-electron chi connectivity index (χ2n) is 7.50. The van der Waals surface area contributed by atoms with E-state index in [-0.39, 0.29) is 14.5 Å². The summed E-state index contributed by atoms with van der Waals surface area (Å²) >= 11 is 1.81. The monoisotopic (exact) mass is 586 g/mol. The summed E-state index contributed by atoms with van der Waals surface area (Å²) in [5, 5.41) is 10.6. The molecule has 3 aromatic carbocycles. The average Bonchev–Trinajstić information content (AvgIpc) is 3.52.